The second-order valence-corrected chi connectivity index (χ2v) is 3.37. The summed E-state index contributed by atoms with van der Waals surface area (Å²) in [6.07, 6.45) is 1.21. The lowest BCUT2D eigenvalue weighted by Gasteiger charge is -1.98. The van der Waals surface area contributed by atoms with Crippen molar-refractivity contribution in [2.45, 2.75) is 0 Å². The monoisotopic (exact) mass is 276 g/mol. The summed E-state index contributed by atoms with van der Waals surface area (Å²) in [7, 11) is 0. The summed E-state index contributed by atoms with van der Waals surface area (Å²) >= 11 is 2.97. The third-order valence-electron chi connectivity index (χ3n) is 1.64. The van der Waals surface area contributed by atoms with Crippen LogP contribution < -0.4 is 0 Å². The first-order chi connectivity index (χ1) is 7.02. The van der Waals surface area contributed by atoms with E-state index in [0.717, 1.165) is 18.2 Å². The molecule has 0 atom stereocenters. The van der Waals surface area contributed by atoms with Crippen LogP contribution in [0.1, 0.15) is 5.56 Å². The van der Waals surface area contributed by atoms with Crippen LogP contribution in [0, 0.1) is 11.6 Å². The minimum atomic E-state index is -1.13. The Balaban J connectivity index is 3.11. The van der Waals surface area contributed by atoms with Crippen LogP contribution in [0.15, 0.2) is 23.8 Å². The molecule has 0 bridgehead atoms. The molecule has 0 heterocycles. The molecule has 0 saturated heterocycles. The zero-order valence-electron chi connectivity index (χ0n) is 7.51. The smallest absolute Gasteiger partial charge is 0.332 e. The van der Waals surface area contributed by atoms with Crippen molar-refractivity contribution in [2.24, 2.45) is 0 Å². The second kappa shape index (κ2) is 5.02. The number of hydrogen-bond donors (Lipinski definition) is 1. The van der Waals surface area contributed by atoms with Gasteiger partial charge in [0.25, 0.3) is 0 Å². The molecule has 1 aromatic rings. The highest BCUT2D eigenvalue weighted by Crippen LogP contribution is 2.13. The SMILES string of the molecule is O=C(O)C(=Cc1cc(F)cc(F)c1)CBr. The Morgan fingerprint density at radius 2 is 1.87 bits per heavy atom. The van der Waals surface area contributed by atoms with E-state index in [9.17, 15) is 13.6 Å². The Hall–Kier alpha value is -1.23. The van der Waals surface area contributed by atoms with Crippen molar-refractivity contribution in [3.8, 4) is 0 Å². The number of benzene rings is 1. The largest absolute Gasteiger partial charge is 0.478 e. The van der Waals surface area contributed by atoms with E-state index >= 15 is 0 Å². The molecular weight excluding hydrogens is 270 g/mol. The van der Waals surface area contributed by atoms with Gasteiger partial charge in [-0.05, 0) is 23.8 Å². The molecule has 1 N–H and O–H groups in total. The molecule has 0 aliphatic carbocycles. The molecular formula is C10H7BrF2O2. The molecule has 0 aliphatic heterocycles. The average molecular weight is 277 g/mol. The third kappa shape index (κ3) is 3.43. The highest BCUT2D eigenvalue weighted by atomic mass is 79.9. The third-order valence-corrected chi connectivity index (χ3v) is 2.25. The van der Waals surface area contributed by atoms with E-state index in [4.69, 9.17) is 5.11 Å². The molecule has 0 aliphatic rings. The number of rotatable bonds is 3. The summed E-state index contributed by atoms with van der Waals surface area (Å²) in [6.45, 7) is 0. The summed E-state index contributed by atoms with van der Waals surface area (Å²) in [6, 6.07) is 2.86. The number of carboxylic acid groups (broad SMARTS) is 1. The van der Waals surface area contributed by atoms with Gasteiger partial charge in [-0.15, -0.1) is 0 Å². The lowest BCUT2D eigenvalue weighted by Crippen LogP contribution is -2.01. The Bertz CT molecular complexity index is 396. The Kier molecular flexibility index (Phi) is 3.96. The van der Waals surface area contributed by atoms with Crippen LogP contribution in [-0.4, -0.2) is 16.4 Å². The highest BCUT2D eigenvalue weighted by Gasteiger charge is 2.06. The fourth-order valence-corrected chi connectivity index (χ4v) is 1.42. The molecule has 0 unspecified atom stereocenters. The van der Waals surface area contributed by atoms with E-state index in [0.29, 0.717) is 0 Å². The van der Waals surface area contributed by atoms with Gasteiger partial charge >= 0.3 is 5.97 Å². The molecule has 1 aromatic carbocycles. The lowest BCUT2D eigenvalue weighted by atomic mass is 10.1. The maximum Gasteiger partial charge on any atom is 0.332 e. The van der Waals surface area contributed by atoms with Crippen LogP contribution in [0.2, 0.25) is 0 Å². The van der Waals surface area contributed by atoms with Crippen molar-refractivity contribution >= 4 is 28.0 Å². The van der Waals surface area contributed by atoms with Crippen molar-refractivity contribution in [3.05, 3.63) is 41.0 Å². The predicted molar refractivity (Wildman–Crippen MR) is 55.8 cm³/mol. The molecule has 2 nitrogen and oxygen atoms in total. The van der Waals surface area contributed by atoms with Gasteiger partial charge in [0.05, 0.1) is 0 Å². The molecule has 5 heteroatoms. The molecule has 0 spiro atoms. The lowest BCUT2D eigenvalue weighted by molar-refractivity contribution is -0.132. The highest BCUT2D eigenvalue weighted by molar-refractivity contribution is 9.09. The summed E-state index contributed by atoms with van der Waals surface area (Å²) < 4.78 is 25.5. The van der Waals surface area contributed by atoms with Crippen LogP contribution in [0.5, 0.6) is 0 Å². The van der Waals surface area contributed by atoms with Gasteiger partial charge < -0.3 is 5.11 Å². The number of hydrogen-bond acceptors (Lipinski definition) is 1. The van der Waals surface area contributed by atoms with E-state index in [1.54, 1.807) is 0 Å². The summed E-state index contributed by atoms with van der Waals surface area (Å²) in [5, 5.41) is 8.80. The van der Waals surface area contributed by atoms with Gasteiger partial charge in [-0.3, -0.25) is 0 Å². The number of alkyl halides is 1. The average Bonchev–Trinajstić information content (AvgIpc) is 2.12. The zero-order chi connectivity index (χ0) is 11.4. The van der Waals surface area contributed by atoms with E-state index in [-0.39, 0.29) is 16.5 Å². The van der Waals surface area contributed by atoms with Crippen molar-refractivity contribution < 1.29 is 18.7 Å². The molecule has 15 heavy (non-hydrogen) atoms. The minimum Gasteiger partial charge on any atom is -0.478 e. The van der Waals surface area contributed by atoms with Crippen LogP contribution in [0.4, 0.5) is 8.78 Å². The summed E-state index contributed by atoms with van der Waals surface area (Å²) in [5.41, 5.74) is 0.212. The Morgan fingerprint density at radius 1 is 1.33 bits per heavy atom. The van der Waals surface area contributed by atoms with E-state index < -0.39 is 17.6 Å². The van der Waals surface area contributed by atoms with Gasteiger partial charge in [0.15, 0.2) is 0 Å². The van der Waals surface area contributed by atoms with Gasteiger partial charge in [-0.2, -0.15) is 0 Å². The normalized spacial score (nSPS) is 11.5. The molecule has 0 fully saturated rings. The number of carboxylic acids is 1. The fraction of sp³-hybridized carbons (Fsp3) is 0.100. The summed E-state index contributed by atoms with van der Waals surface area (Å²) in [4.78, 5) is 10.6. The number of aliphatic carboxylic acids is 1. The van der Waals surface area contributed by atoms with Gasteiger partial charge in [-0.25, -0.2) is 13.6 Å². The Labute approximate surface area is 93.4 Å². The molecule has 0 radical (unpaired) electrons. The second-order valence-electron chi connectivity index (χ2n) is 2.81. The minimum absolute atomic E-state index is 0.0278. The van der Waals surface area contributed by atoms with E-state index in [1.165, 1.54) is 6.08 Å². The van der Waals surface area contributed by atoms with Gasteiger partial charge in [0, 0.05) is 17.0 Å². The van der Waals surface area contributed by atoms with Crippen LogP contribution >= 0.6 is 15.9 Å². The predicted octanol–water partition coefficient (Wildman–Crippen LogP) is 2.83. The number of carbonyl (C=O) groups is 1. The van der Waals surface area contributed by atoms with Crippen LogP contribution in [-0.2, 0) is 4.79 Å². The molecule has 0 saturated carbocycles. The first kappa shape index (κ1) is 11.8. The molecule has 0 aromatic heterocycles. The maximum atomic E-state index is 12.8. The van der Waals surface area contributed by atoms with E-state index in [1.807, 2.05) is 0 Å². The number of halogens is 3. The first-order valence-electron chi connectivity index (χ1n) is 3.99. The van der Waals surface area contributed by atoms with Gasteiger partial charge in [-0.1, -0.05) is 15.9 Å². The molecule has 1 rings (SSSR count). The van der Waals surface area contributed by atoms with Crippen molar-refractivity contribution in [3.63, 3.8) is 0 Å². The Morgan fingerprint density at radius 3 is 2.27 bits per heavy atom. The first-order valence-corrected chi connectivity index (χ1v) is 5.11. The zero-order valence-corrected chi connectivity index (χ0v) is 9.09. The van der Waals surface area contributed by atoms with Crippen molar-refractivity contribution in [2.75, 3.05) is 5.33 Å². The molecule has 80 valence electrons. The summed E-state index contributed by atoms with van der Waals surface area (Å²) in [5.74, 6) is -2.60. The van der Waals surface area contributed by atoms with Crippen molar-refractivity contribution in [1.82, 2.24) is 0 Å². The quantitative estimate of drug-likeness (QED) is 0.681. The standard InChI is InChI=1S/C10H7BrF2O2/c11-5-7(10(14)15)1-6-2-8(12)4-9(13)3-6/h1-4H,5H2,(H,14,15). The van der Waals surface area contributed by atoms with Crippen molar-refractivity contribution in [1.29, 1.82) is 0 Å². The maximum absolute atomic E-state index is 12.8. The van der Waals surface area contributed by atoms with E-state index in [2.05, 4.69) is 15.9 Å². The van der Waals surface area contributed by atoms with Crippen LogP contribution in [0.25, 0.3) is 6.08 Å². The molecule has 0 amide bonds. The van der Waals surface area contributed by atoms with Crippen LogP contribution in [0.3, 0.4) is 0 Å². The topological polar surface area (TPSA) is 37.3 Å². The van der Waals surface area contributed by atoms with Gasteiger partial charge in [0.2, 0.25) is 0 Å². The van der Waals surface area contributed by atoms with Gasteiger partial charge in [0.1, 0.15) is 11.6 Å². The fourth-order valence-electron chi connectivity index (χ4n) is 1.02.